The lowest BCUT2D eigenvalue weighted by Gasteiger charge is -2.19. The molecule has 11 heteroatoms. The minimum atomic E-state index is -4.03. The molecule has 0 spiro atoms. The van der Waals surface area contributed by atoms with Gasteiger partial charge in [0, 0.05) is 18.7 Å². The summed E-state index contributed by atoms with van der Waals surface area (Å²) < 4.78 is 49.5. The van der Waals surface area contributed by atoms with Crippen molar-refractivity contribution in [3.8, 4) is 22.9 Å². The van der Waals surface area contributed by atoms with Gasteiger partial charge in [0.1, 0.15) is 17.8 Å². The lowest BCUT2D eigenvalue weighted by atomic mass is 9.87. The molecule has 2 aromatic carbocycles. The number of aromatic nitrogens is 4. The molecule has 1 N–H and O–H groups in total. The maximum Gasteiger partial charge on any atom is 0.261 e. The highest BCUT2D eigenvalue weighted by atomic mass is 35.5. The van der Waals surface area contributed by atoms with Crippen LogP contribution in [0.1, 0.15) is 26.3 Å². The standard InChI is InChI=1S/C22H21ClFN5O3S/c1-22(2,3)13-5-7-14(8-6-13)33(30,31)28-18-10-17(24)16(23)9-15(18)20-26-27-21(29(20)4)19-11-32-12-25-19/h5-12,28H,1-4H3. The molecule has 4 rings (SSSR count). The van der Waals surface area contributed by atoms with Crippen LogP contribution in [-0.2, 0) is 22.5 Å². The Hall–Kier alpha value is -3.24. The average Bonchev–Trinajstić information content (AvgIpc) is 3.39. The molecular formula is C22H21ClFN5O3S. The zero-order chi connectivity index (χ0) is 24.0. The van der Waals surface area contributed by atoms with Gasteiger partial charge in [-0.25, -0.2) is 17.8 Å². The number of rotatable bonds is 5. The second kappa shape index (κ2) is 8.27. The average molecular weight is 490 g/mol. The third-order valence-electron chi connectivity index (χ3n) is 5.11. The fourth-order valence-corrected chi connectivity index (χ4v) is 4.50. The van der Waals surface area contributed by atoms with Crippen LogP contribution in [0.15, 0.2) is 58.4 Å². The van der Waals surface area contributed by atoms with E-state index >= 15 is 0 Å². The summed E-state index contributed by atoms with van der Waals surface area (Å²) in [6, 6.07) is 8.85. The van der Waals surface area contributed by atoms with Gasteiger partial charge in [-0.3, -0.25) is 4.72 Å². The van der Waals surface area contributed by atoms with Crippen LogP contribution in [0.5, 0.6) is 0 Å². The zero-order valence-corrected chi connectivity index (χ0v) is 19.9. The summed E-state index contributed by atoms with van der Waals surface area (Å²) in [6.07, 6.45) is 2.65. The van der Waals surface area contributed by atoms with E-state index in [0.29, 0.717) is 11.5 Å². The number of sulfonamides is 1. The topological polar surface area (TPSA) is 103 Å². The zero-order valence-electron chi connectivity index (χ0n) is 18.3. The van der Waals surface area contributed by atoms with E-state index in [0.717, 1.165) is 11.6 Å². The quantitative estimate of drug-likeness (QED) is 0.422. The number of anilines is 1. The molecule has 0 atom stereocenters. The number of nitrogens with one attached hydrogen (secondary N) is 1. The Morgan fingerprint density at radius 1 is 1.09 bits per heavy atom. The van der Waals surface area contributed by atoms with Crippen LogP contribution in [0.2, 0.25) is 5.02 Å². The minimum Gasteiger partial charge on any atom is -0.451 e. The maximum absolute atomic E-state index is 14.3. The Balaban J connectivity index is 1.76. The molecule has 2 heterocycles. The van der Waals surface area contributed by atoms with Crippen molar-refractivity contribution in [2.45, 2.75) is 31.1 Å². The summed E-state index contributed by atoms with van der Waals surface area (Å²) in [5.41, 5.74) is 1.51. The molecular weight excluding hydrogens is 469 g/mol. The van der Waals surface area contributed by atoms with E-state index in [4.69, 9.17) is 16.0 Å². The summed E-state index contributed by atoms with van der Waals surface area (Å²) in [6.45, 7) is 6.10. The molecule has 8 nitrogen and oxygen atoms in total. The first kappa shape index (κ1) is 22.9. The smallest absolute Gasteiger partial charge is 0.261 e. The van der Waals surface area contributed by atoms with Crippen molar-refractivity contribution >= 4 is 27.3 Å². The summed E-state index contributed by atoms with van der Waals surface area (Å²) in [5, 5.41) is 8.04. The van der Waals surface area contributed by atoms with Gasteiger partial charge in [0.05, 0.1) is 15.6 Å². The molecule has 4 aromatic rings. The maximum atomic E-state index is 14.3. The molecule has 0 saturated carbocycles. The number of nitrogens with zero attached hydrogens (tertiary/aromatic N) is 4. The van der Waals surface area contributed by atoms with Crippen molar-refractivity contribution in [3.63, 3.8) is 0 Å². The van der Waals surface area contributed by atoms with Gasteiger partial charge in [-0.05, 0) is 29.2 Å². The third-order valence-corrected chi connectivity index (χ3v) is 6.78. The molecule has 0 amide bonds. The van der Waals surface area contributed by atoms with E-state index in [-0.39, 0.29) is 32.4 Å². The van der Waals surface area contributed by atoms with Crippen molar-refractivity contribution in [3.05, 3.63) is 65.5 Å². The molecule has 0 bridgehead atoms. The van der Waals surface area contributed by atoms with Gasteiger partial charge >= 0.3 is 0 Å². The molecule has 0 aliphatic carbocycles. The molecule has 0 saturated heterocycles. The Morgan fingerprint density at radius 3 is 2.36 bits per heavy atom. The first-order chi connectivity index (χ1) is 15.5. The monoisotopic (exact) mass is 489 g/mol. The van der Waals surface area contributed by atoms with Crippen LogP contribution in [0.3, 0.4) is 0 Å². The normalized spacial score (nSPS) is 12.2. The van der Waals surface area contributed by atoms with Crippen molar-refractivity contribution in [2.24, 2.45) is 7.05 Å². The number of oxazole rings is 1. The fraction of sp³-hybridized carbons (Fsp3) is 0.227. The van der Waals surface area contributed by atoms with Crippen LogP contribution < -0.4 is 4.72 Å². The largest absolute Gasteiger partial charge is 0.451 e. The Morgan fingerprint density at radius 2 is 1.76 bits per heavy atom. The van der Waals surface area contributed by atoms with E-state index in [1.165, 1.54) is 30.9 Å². The number of hydrogen-bond donors (Lipinski definition) is 1. The molecule has 0 fully saturated rings. The lowest BCUT2D eigenvalue weighted by molar-refractivity contribution is 0.558. The number of hydrogen-bond acceptors (Lipinski definition) is 6. The SMILES string of the molecule is Cn1c(-c2cocn2)nnc1-c1cc(Cl)c(F)cc1NS(=O)(=O)c1ccc(C(C)(C)C)cc1. The van der Waals surface area contributed by atoms with Gasteiger partial charge in [0.2, 0.25) is 0 Å². The predicted molar refractivity (Wildman–Crippen MR) is 123 cm³/mol. The molecule has 0 radical (unpaired) electrons. The van der Waals surface area contributed by atoms with Gasteiger partial charge in [-0.15, -0.1) is 10.2 Å². The Bertz CT molecular complexity index is 1410. The highest BCUT2D eigenvalue weighted by Gasteiger charge is 2.23. The summed E-state index contributed by atoms with van der Waals surface area (Å²) >= 11 is 6.01. The van der Waals surface area contributed by atoms with E-state index in [1.807, 2.05) is 20.8 Å². The van der Waals surface area contributed by atoms with Crippen molar-refractivity contribution in [2.75, 3.05) is 4.72 Å². The second-order valence-corrected chi connectivity index (χ2v) is 10.6. The molecule has 33 heavy (non-hydrogen) atoms. The highest BCUT2D eigenvalue weighted by Crippen LogP contribution is 2.34. The van der Waals surface area contributed by atoms with Crippen LogP contribution in [0.25, 0.3) is 22.9 Å². The molecule has 0 aliphatic heterocycles. The third kappa shape index (κ3) is 4.49. The van der Waals surface area contributed by atoms with Crippen LogP contribution in [0.4, 0.5) is 10.1 Å². The van der Waals surface area contributed by atoms with E-state index in [2.05, 4.69) is 19.9 Å². The summed E-state index contributed by atoms with van der Waals surface area (Å²) in [7, 11) is -2.36. The van der Waals surface area contributed by atoms with Gasteiger partial charge in [-0.2, -0.15) is 0 Å². The minimum absolute atomic E-state index is 0.0287. The first-order valence-electron chi connectivity index (χ1n) is 9.88. The van der Waals surface area contributed by atoms with E-state index in [1.54, 1.807) is 23.7 Å². The Kier molecular flexibility index (Phi) is 5.75. The fourth-order valence-electron chi connectivity index (χ4n) is 3.26. The molecule has 172 valence electrons. The van der Waals surface area contributed by atoms with Gasteiger partial charge < -0.3 is 8.98 Å². The highest BCUT2D eigenvalue weighted by molar-refractivity contribution is 7.92. The van der Waals surface area contributed by atoms with Crippen LogP contribution >= 0.6 is 11.6 Å². The lowest BCUT2D eigenvalue weighted by Crippen LogP contribution is -2.16. The van der Waals surface area contributed by atoms with Crippen molar-refractivity contribution < 1.29 is 17.2 Å². The van der Waals surface area contributed by atoms with E-state index in [9.17, 15) is 12.8 Å². The van der Waals surface area contributed by atoms with Crippen LogP contribution in [0, 0.1) is 5.82 Å². The second-order valence-electron chi connectivity index (χ2n) is 8.47. The molecule has 0 unspecified atom stereocenters. The summed E-state index contributed by atoms with van der Waals surface area (Å²) in [5.74, 6) is -0.137. The van der Waals surface area contributed by atoms with Gasteiger partial charge in [0.25, 0.3) is 10.0 Å². The van der Waals surface area contributed by atoms with Gasteiger partial charge in [0.15, 0.2) is 18.0 Å². The van der Waals surface area contributed by atoms with Crippen LogP contribution in [-0.4, -0.2) is 28.2 Å². The molecule has 2 aromatic heterocycles. The predicted octanol–water partition coefficient (Wildman–Crippen LogP) is 5.03. The van der Waals surface area contributed by atoms with E-state index < -0.39 is 15.8 Å². The molecule has 0 aliphatic rings. The van der Waals surface area contributed by atoms with Crippen molar-refractivity contribution in [1.82, 2.24) is 19.7 Å². The van der Waals surface area contributed by atoms with Gasteiger partial charge in [-0.1, -0.05) is 44.5 Å². The Labute approximate surface area is 195 Å². The first-order valence-corrected chi connectivity index (χ1v) is 11.7. The number of halogens is 2. The summed E-state index contributed by atoms with van der Waals surface area (Å²) in [4.78, 5) is 4.08. The number of benzene rings is 2. The van der Waals surface area contributed by atoms with Crippen molar-refractivity contribution in [1.29, 1.82) is 0 Å².